The molecule has 106 valence electrons. The maximum atomic E-state index is 11.5. The first-order chi connectivity index (χ1) is 8.89. The molecule has 0 saturated heterocycles. The predicted molar refractivity (Wildman–Crippen MR) is 68.3 cm³/mol. The van der Waals surface area contributed by atoms with Gasteiger partial charge in [-0.15, -0.1) is 0 Å². The van der Waals surface area contributed by atoms with E-state index in [0.29, 0.717) is 6.42 Å². The van der Waals surface area contributed by atoms with E-state index in [9.17, 15) is 14.4 Å². The minimum absolute atomic E-state index is 0.169. The maximum Gasteiger partial charge on any atom is 0.303 e. The molecule has 0 aromatic carbocycles. The van der Waals surface area contributed by atoms with Gasteiger partial charge in [0.05, 0.1) is 0 Å². The molecule has 0 spiro atoms. The molecule has 0 atom stereocenters. The molecule has 2 fully saturated rings. The molecule has 5 nitrogen and oxygen atoms in total. The molecular formula is C14H21NO4. The van der Waals surface area contributed by atoms with Gasteiger partial charge in [0.1, 0.15) is 0 Å². The molecule has 2 saturated carbocycles. The number of imide groups is 1. The standard InChI is InChI=1S/C14H21NO4/c1-10(16)15-11(17)2-4-13(6-7-13)14(8-9-14)5-3-12(18)19/h2-9H2,1H3,(H,18,19)(H,15,16,17). The van der Waals surface area contributed by atoms with Crippen molar-refractivity contribution in [2.75, 3.05) is 0 Å². The Hall–Kier alpha value is -1.39. The van der Waals surface area contributed by atoms with E-state index in [1.807, 2.05) is 0 Å². The van der Waals surface area contributed by atoms with Crippen LogP contribution < -0.4 is 5.32 Å². The molecule has 0 aromatic rings. The molecule has 0 unspecified atom stereocenters. The van der Waals surface area contributed by atoms with Crippen molar-refractivity contribution in [3.8, 4) is 0 Å². The Balaban J connectivity index is 1.84. The van der Waals surface area contributed by atoms with Gasteiger partial charge in [-0.25, -0.2) is 0 Å². The zero-order valence-corrected chi connectivity index (χ0v) is 11.3. The zero-order valence-electron chi connectivity index (χ0n) is 11.3. The molecule has 0 heterocycles. The highest BCUT2D eigenvalue weighted by molar-refractivity contribution is 5.93. The number of carbonyl (C=O) groups excluding carboxylic acids is 2. The van der Waals surface area contributed by atoms with E-state index in [1.54, 1.807) is 0 Å². The first-order valence-electron chi connectivity index (χ1n) is 6.91. The minimum atomic E-state index is -0.739. The predicted octanol–water partition coefficient (Wildman–Crippen LogP) is 1.85. The maximum absolute atomic E-state index is 11.5. The van der Waals surface area contributed by atoms with Gasteiger partial charge in [-0.1, -0.05) is 0 Å². The SMILES string of the molecule is CC(=O)NC(=O)CCC1(C2(CCC(=O)O)CC2)CC1. The van der Waals surface area contributed by atoms with Crippen LogP contribution in [0.5, 0.6) is 0 Å². The second-order valence-corrected chi connectivity index (χ2v) is 6.06. The highest BCUT2D eigenvalue weighted by atomic mass is 16.4. The number of rotatable bonds is 7. The monoisotopic (exact) mass is 267 g/mol. The van der Waals surface area contributed by atoms with Crippen LogP contribution in [0.3, 0.4) is 0 Å². The summed E-state index contributed by atoms with van der Waals surface area (Å²) in [4.78, 5) is 33.0. The van der Waals surface area contributed by atoms with E-state index >= 15 is 0 Å². The Morgan fingerprint density at radius 1 is 1.00 bits per heavy atom. The van der Waals surface area contributed by atoms with Gasteiger partial charge in [0.25, 0.3) is 0 Å². The fourth-order valence-electron chi connectivity index (χ4n) is 3.35. The summed E-state index contributed by atoms with van der Waals surface area (Å²) in [6, 6.07) is 0. The Labute approximate surface area is 112 Å². The van der Waals surface area contributed by atoms with Gasteiger partial charge in [-0.3, -0.25) is 19.7 Å². The van der Waals surface area contributed by atoms with Crippen molar-refractivity contribution in [3.05, 3.63) is 0 Å². The lowest BCUT2D eigenvalue weighted by Crippen LogP contribution is -2.29. The van der Waals surface area contributed by atoms with Gasteiger partial charge in [0, 0.05) is 19.8 Å². The van der Waals surface area contributed by atoms with Crippen LogP contribution in [0.1, 0.15) is 58.3 Å². The van der Waals surface area contributed by atoms with E-state index in [0.717, 1.165) is 38.5 Å². The number of carboxylic acids is 1. The Morgan fingerprint density at radius 2 is 1.47 bits per heavy atom. The van der Waals surface area contributed by atoms with Crippen molar-refractivity contribution < 1.29 is 19.5 Å². The average molecular weight is 267 g/mol. The molecular weight excluding hydrogens is 246 g/mol. The van der Waals surface area contributed by atoms with E-state index in [4.69, 9.17) is 5.11 Å². The number of aliphatic carboxylic acids is 1. The largest absolute Gasteiger partial charge is 0.481 e. The van der Waals surface area contributed by atoms with E-state index in [2.05, 4.69) is 5.32 Å². The summed E-state index contributed by atoms with van der Waals surface area (Å²) in [5.74, 6) is -1.27. The van der Waals surface area contributed by atoms with Crippen LogP contribution in [0.4, 0.5) is 0 Å². The quantitative estimate of drug-likeness (QED) is 0.737. The second-order valence-electron chi connectivity index (χ2n) is 6.06. The van der Waals surface area contributed by atoms with Gasteiger partial charge in [0.15, 0.2) is 0 Å². The van der Waals surface area contributed by atoms with Crippen molar-refractivity contribution in [2.45, 2.75) is 58.3 Å². The normalized spacial score (nSPS) is 21.5. The summed E-state index contributed by atoms with van der Waals surface area (Å²) in [7, 11) is 0. The number of hydrogen-bond donors (Lipinski definition) is 2. The fourth-order valence-corrected chi connectivity index (χ4v) is 3.35. The fraction of sp³-hybridized carbons (Fsp3) is 0.786. The Kier molecular flexibility index (Phi) is 3.65. The Bertz CT molecular complexity index is 408. The number of carboxylic acid groups (broad SMARTS) is 1. The van der Waals surface area contributed by atoms with E-state index < -0.39 is 5.97 Å². The Morgan fingerprint density at radius 3 is 1.84 bits per heavy atom. The second kappa shape index (κ2) is 4.94. The van der Waals surface area contributed by atoms with Gasteiger partial charge in [0.2, 0.25) is 11.8 Å². The molecule has 2 amide bonds. The molecule has 2 N–H and O–H groups in total. The van der Waals surface area contributed by atoms with Crippen LogP contribution in [0, 0.1) is 10.8 Å². The van der Waals surface area contributed by atoms with Crippen molar-refractivity contribution >= 4 is 17.8 Å². The summed E-state index contributed by atoms with van der Waals surface area (Å²) in [6.07, 6.45) is 6.49. The molecule has 2 aliphatic rings. The first kappa shape index (κ1) is 14.0. The smallest absolute Gasteiger partial charge is 0.303 e. The third kappa shape index (κ3) is 3.14. The first-order valence-corrected chi connectivity index (χ1v) is 6.91. The summed E-state index contributed by atoms with van der Waals surface area (Å²) in [5, 5.41) is 11.1. The molecule has 0 aromatic heterocycles. The van der Waals surface area contributed by atoms with Gasteiger partial charge in [-0.05, 0) is 49.4 Å². The molecule has 0 bridgehead atoms. The lowest BCUT2D eigenvalue weighted by Gasteiger charge is -2.26. The molecule has 2 rings (SSSR count). The van der Waals surface area contributed by atoms with Crippen LogP contribution in [0.15, 0.2) is 0 Å². The van der Waals surface area contributed by atoms with Crippen molar-refractivity contribution in [1.82, 2.24) is 5.32 Å². The third-order valence-electron chi connectivity index (χ3n) is 4.80. The van der Waals surface area contributed by atoms with Gasteiger partial charge in [-0.2, -0.15) is 0 Å². The highest BCUT2D eigenvalue weighted by Gasteiger charge is 2.64. The number of hydrogen-bond acceptors (Lipinski definition) is 3. The number of carbonyl (C=O) groups is 3. The lowest BCUT2D eigenvalue weighted by atomic mass is 9.78. The van der Waals surface area contributed by atoms with Crippen LogP contribution in [-0.2, 0) is 14.4 Å². The number of nitrogens with one attached hydrogen (secondary N) is 1. The van der Waals surface area contributed by atoms with E-state index in [-0.39, 0.29) is 29.1 Å². The van der Waals surface area contributed by atoms with Crippen LogP contribution in [0.25, 0.3) is 0 Å². The molecule has 0 aliphatic heterocycles. The summed E-state index contributed by atoms with van der Waals surface area (Å²) >= 11 is 0. The van der Waals surface area contributed by atoms with Gasteiger partial charge < -0.3 is 5.11 Å². The average Bonchev–Trinajstić information content (AvgIpc) is 3.18. The summed E-state index contributed by atoms with van der Waals surface area (Å²) in [5.41, 5.74) is 0.346. The topological polar surface area (TPSA) is 83.5 Å². The van der Waals surface area contributed by atoms with Crippen LogP contribution >= 0.6 is 0 Å². The zero-order chi connectivity index (χ0) is 14.1. The molecule has 0 radical (unpaired) electrons. The van der Waals surface area contributed by atoms with E-state index in [1.165, 1.54) is 6.92 Å². The molecule has 2 aliphatic carbocycles. The van der Waals surface area contributed by atoms with Crippen molar-refractivity contribution in [2.24, 2.45) is 10.8 Å². The summed E-state index contributed by atoms with van der Waals surface area (Å²) in [6.45, 7) is 1.33. The molecule has 19 heavy (non-hydrogen) atoms. The van der Waals surface area contributed by atoms with Gasteiger partial charge >= 0.3 is 5.97 Å². The van der Waals surface area contributed by atoms with Crippen molar-refractivity contribution in [1.29, 1.82) is 0 Å². The third-order valence-corrected chi connectivity index (χ3v) is 4.80. The molecule has 5 heteroatoms. The lowest BCUT2D eigenvalue weighted by molar-refractivity contribution is -0.138. The summed E-state index contributed by atoms with van der Waals surface area (Å²) < 4.78 is 0. The number of amides is 2. The van der Waals surface area contributed by atoms with Crippen LogP contribution in [-0.4, -0.2) is 22.9 Å². The highest BCUT2D eigenvalue weighted by Crippen LogP contribution is 2.74. The minimum Gasteiger partial charge on any atom is -0.481 e. The van der Waals surface area contributed by atoms with Crippen LogP contribution in [0.2, 0.25) is 0 Å². The van der Waals surface area contributed by atoms with Crippen molar-refractivity contribution in [3.63, 3.8) is 0 Å².